The maximum atomic E-state index is 7.91. The molecule has 13 aromatic rings. The predicted molar refractivity (Wildman–Crippen MR) is 328 cm³/mol. The van der Waals surface area contributed by atoms with E-state index in [0.29, 0.717) is 0 Å². The average Bonchev–Trinajstić information content (AvgIpc) is 4.31. The molecule has 17 rings (SSSR count). The van der Waals surface area contributed by atoms with Gasteiger partial charge in [-0.05, 0) is 120 Å². The summed E-state index contributed by atoms with van der Waals surface area (Å²) in [6.45, 7) is -0.616. The van der Waals surface area contributed by atoms with Crippen LogP contribution in [0.2, 0.25) is 0 Å². The number of benzene rings is 11. The van der Waals surface area contributed by atoms with E-state index in [2.05, 4.69) is 297 Å². The Kier molecular flexibility index (Phi) is 9.47. The second kappa shape index (κ2) is 17.1. The number of ether oxygens (including phenoxy) is 1. The molecule has 0 atom stereocenters. The van der Waals surface area contributed by atoms with Crippen molar-refractivity contribution in [3.63, 3.8) is 0 Å². The first kappa shape index (κ1) is 43.8. The number of aromatic nitrogens is 1. The number of furan rings is 1. The van der Waals surface area contributed by atoms with Gasteiger partial charge >= 0.3 is 6.71 Å². The molecule has 0 fully saturated rings. The molecule has 0 aliphatic carbocycles. The Morgan fingerprint density at radius 1 is 0.342 bits per heavy atom. The maximum Gasteiger partial charge on any atom is 0.301 e. The highest BCUT2D eigenvalue weighted by Gasteiger charge is 2.52. The summed E-state index contributed by atoms with van der Waals surface area (Å²) < 4.78 is 18.2. The average molecular weight is 1010 g/mol. The van der Waals surface area contributed by atoms with Gasteiger partial charge in [0.1, 0.15) is 22.8 Å². The molecule has 79 heavy (non-hydrogen) atoms. The lowest BCUT2D eigenvalue weighted by molar-refractivity contribution is 0.479. The van der Waals surface area contributed by atoms with E-state index in [1.807, 2.05) is 0 Å². The number of anilines is 12. The monoisotopic (exact) mass is 1010 g/mol. The van der Waals surface area contributed by atoms with Crippen LogP contribution in [0.15, 0.2) is 277 Å². The summed E-state index contributed by atoms with van der Waals surface area (Å²) in [6, 6.07) is 98.2. The molecule has 368 valence electrons. The van der Waals surface area contributed by atoms with E-state index in [0.717, 1.165) is 119 Å². The minimum atomic E-state index is -0.308. The molecule has 4 aliphatic heterocycles. The van der Waals surface area contributed by atoms with Crippen LogP contribution >= 0.6 is 0 Å². The van der Waals surface area contributed by atoms with Crippen LogP contribution in [0.25, 0.3) is 27.5 Å². The fourth-order valence-electron chi connectivity index (χ4n) is 13.4. The van der Waals surface area contributed by atoms with Crippen LogP contribution in [0.4, 0.5) is 68.2 Å². The van der Waals surface area contributed by atoms with Gasteiger partial charge in [0.05, 0.1) is 16.9 Å². The second-order valence-electron chi connectivity index (χ2n) is 20.8. The zero-order chi connectivity index (χ0) is 51.7. The Labute approximate surface area is 457 Å². The zero-order valence-corrected chi connectivity index (χ0v) is 42.7. The lowest BCUT2D eigenvalue weighted by Crippen LogP contribution is -2.61. The summed E-state index contributed by atoms with van der Waals surface area (Å²) in [7, 11) is 0. The highest BCUT2D eigenvalue weighted by Crippen LogP contribution is 2.52. The van der Waals surface area contributed by atoms with E-state index in [-0.39, 0.29) is 13.4 Å². The molecule has 0 N–H and O–H groups in total. The molecule has 4 aliphatic rings. The number of rotatable bonds is 8. The zero-order valence-electron chi connectivity index (χ0n) is 42.7. The van der Waals surface area contributed by atoms with Gasteiger partial charge in [0, 0.05) is 84.7 Å². The van der Waals surface area contributed by atoms with Crippen LogP contribution in [0, 0.1) is 0 Å². The van der Waals surface area contributed by atoms with E-state index in [4.69, 9.17) is 9.15 Å². The van der Waals surface area contributed by atoms with Crippen molar-refractivity contribution in [3.05, 3.63) is 273 Å². The van der Waals surface area contributed by atoms with Gasteiger partial charge in [0.25, 0.3) is 6.71 Å². The van der Waals surface area contributed by atoms with Crippen LogP contribution in [0.3, 0.4) is 0 Å². The van der Waals surface area contributed by atoms with Crippen molar-refractivity contribution >= 4 is 137 Å². The van der Waals surface area contributed by atoms with Crippen LogP contribution in [-0.4, -0.2) is 18.0 Å². The maximum absolute atomic E-state index is 7.91. The summed E-state index contributed by atoms with van der Waals surface area (Å²) in [6.07, 6.45) is 0. The molecule has 0 amide bonds. The van der Waals surface area contributed by atoms with Crippen LogP contribution < -0.4 is 57.5 Å². The third-order valence-electron chi connectivity index (χ3n) is 16.5. The topological polar surface area (TPSA) is 40.3 Å². The molecule has 0 spiro atoms. The van der Waals surface area contributed by atoms with Gasteiger partial charge in [-0.2, -0.15) is 0 Å². The number of nitrogens with zero attached hydrogens (tertiary/aromatic N) is 5. The van der Waals surface area contributed by atoms with E-state index in [1.165, 1.54) is 21.8 Å². The van der Waals surface area contributed by atoms with E-state index < -0.39 is 0 Å². The lowest BCUT2D eigenvalue weighted by Gasteiger charge is -2.43. The third kappa shape index (κ3) is 6.38. The van der Waals surface area contributed by atoms with Crippen molar-refractivity contribution in [2.45, 2.75) is 0 Å². The fraction of sp³-hybridized carbons (Fsp3) is 0. The van der Waals surface area contributed by atoms with Gasteiger partial charge in [0.2, 0.25) is 0 Å². The molecule has 0 radical (unpaired) electrons. The normalized spacial score (nSPS) is 13.1. The first-order valence-corrected chi connectivity index (χ1v) is 27.1. The first-order valence-electron chi connectivity index (χ1n) is 27.1. The Hall–Kier alpha value is -10.4. The third-order valence-corrected chi connectivity index (χ3v) is 16.5. The minimum absolute atomic E-state index is 0.308. The number of hydrogen-bond donors (Lipinski definition) is 0. The summed E-state index contributed by atoms with van der Waals surface area (Å²) >= 11 is 0. The molecule has 7 nitrogen and oxygen atoms in total. The molecule has 11 aromatic carbocycles. The predicted octanol–water partition coefficient (Wildman–Crippen LogP) is 14.3. The summed E-state index contributed by atoms with van der Waals surface area (Å²) in [5, 5.41) is 2.41. The van der Waals surface area contributed by atoms with Gasteiger partial charge < -0.3 is 33.3 Å². The van der Waals surface area contributed by atoms with E-state index >= 15 is 0 Å². The molecule has 2 aromatic heterocycles. The Morgan fingerprint density at radius 3 is 1.43 bits per heavy atom. The SMILES string of the molecule is c1ccc(N(c2ccccc2)c2cc3c4c(c2)N(c2ccccc2)c2c(oc5c2Oc2cc(N(c6ccccc6)c6ccccc6)cc6c2B5c2cccc5c7ccccc7n-6c25)B4c2ccccc2N3c2ccccc2)cc1. The highest BCUT2D eigenvalue weighted by atomic mass is 16.5. The van der Waals surface area contributed by atoms with Gasteiger partial charge in [-0.1, -0.05) is 164 Å². The molecular weight excluding hydrogens is 964 g/mol. The van der Waals surface area contributed by atoms with E-state index in [1.54, 1.807) is 0 Å². The van der Waals surface area contributed by atoms with Crippen molar-refractivity contribution < 1.29 is 9.15 Å². The van der Waals surface area contributed by atoms with Crippen LogP contribution in [0.1, 0.15) is 0 Å². The van der Waals surface area contributed by atoms with E-state index in [9.17, 15) is 0 Å². The molecular formula is C70H45B2N5O2. The Balaban J connectivity index is 0.986. The number of hydrogen-bond acceptors (Lipinski definition) is 6. The number of para-hydroxylation sites is 9. The molecule has 0 unspecified atom stereocenters. The molecule has 0 saturated heterocycles. The van der Waals surface area contributed by atoms with Crippen molar-refractivity contribution in [1.29, 1.82) is 0 Å². The van der Waals surface area contributed by atoms with Crippen LogP contribution in [0.5, 0.6) is 11.5 Å². The van der Waals surface area contributed by atoms with Gasteiger partial charge in [-0.3, -0.25) is 0 Å². The summed E-state index contributed by atoms with van der Waals surface area (Å²) in [5.41, 5.74) is 22.0. The number of fused-ring (bicyclic) bond motifs is 12. The molecule has 6 heterocycles. The van der Waals surface area contributed by atoms with Crippen molar-refractivity contribution in [3.8, 4) is 17.2 Å². The Morgan fingerprint density at radius 2 is 0.810 bits per heavy atom. The van der Waals surface area contributed by atoms with Gasteiger partial charge in [-0.25, -0.2) is 0 Å². The molecule has 0 saturated carbocycles. The van der Waals surface area contributed by atoms with Crippen molar-refractivity contribution in [2.75, 3.05) is 19.6 Å². The molecule has 9 heteroatoms. The van der Waals surface area contributed by atoms with Crippen molar-refractivity contribution in [1.82, 2.24) is 4.57 Å². The largest absolute Gasteiger partial charge is 0.478 e. The standard InChI is InChI=1S/C70H45B2N5O2/c1-7-24-46(25-8-1)73(47-26-9-2-10-27-47)52-42-60-64-61(43-52)76(51-34-17-6-18-35-51)67-68-70(79-69(67)71(64)56-38-20-22-41-59(56)75(60)50-32-15-5-16-33-50)72-57-39-23-37-55-54-36-19-21-40-58(54)77(66(55)57)62-44-53(45-63(78-68)65(62)72)74(48-28-11-3-12-29-48)49-30-13-4-14-31-49/h1-45H. The highest BCUT2D eigenvalue weighted by molar-refractivity contribution is 7.02. The summed E-state index contributed by atoms with van der Waals surface area (Å²) in [5.74, 6) is 1.51. The quantitative estimate of drug-likeness (QED) is 0.141. The molecule has 0 bridgehead atoms. The lowest BCUT2D eigenvalue weighted by atomic mass is 9.35. The fourth-order valence-corrected chi connectivity index (χ4v) is 13.4. The first-order chi connectivity index (χ1) is 39.2. The smallest absolute Gasteiger partial charge is 0.301 e. The van der Waals surface area contributed by atoms with Crippen molar-refractivity contribution in [2.24, 2.45) is 0 Å². The van der Waals surface area contributed by atoms with Crippen LogP contribution in [-0.2, 0) is 0 Å². The van der Waals surface area contributed by atoms with Gasteiger partial charge in [0.15, 0.2) is 5.75 Å². The minimum Gasteiger partial charge on any atom is -0.478 e. The van der Waals surface area contributed by atoms with Gasteiger partial charge in [-0.15, -0.1) is 0 Å². The second-order valence-corrected chi connectivity index (χ2v) is 20.8. The Bertz CT molecular complexity index is 4480. The summed E-state index contributed by atoms with van der Waals surface area (Å²) in [4.78, 5) is 9.60.